The number of anilines is 2. The molecule has 1 saturated carbocycles. The number of hydrogen-bond donors (Lipinski definition) is 1. The summed E-state index contributed by atoms with van der Waals surface area (Å²) in [7, 11) is 0. The van der Waals surface area contributed by atoms with E-state index in [1.54, 1.807) is 19.1 Å². The highest BCUT2D eigenvalue weighted by Crippen LogP contribution is 2.33. The lowest BCUT2D eigenvalue weighted by Crippen LogP contribution is -2.40. The molecule has 0 atom stereocenters. The number of nitrogens with two attached hydrogens (primary N) is 1. The van der Waals surface area contributed by atoms with Crippen molar-refractivity contribution in [3.63, 3.8) is 0 Å². The molecule has 3 nitrogen and oxygen atoms in total. The number of amides is 1. The van der Waals surface area contributed by atoms with Crippen LogP contribution in [0.5, 0.6) is 0 Å². The van der Waals surface area contributed by atoms with E-state index >= 15 is 0 Å². The van der Waals surface area contributed by atoms with E-state index in [1.807, 2.05) is 11.0 Å². The summed E-state index contributed by atoms with van der Waals surface area (Å²) in [4.78, 5) is 13.8. The van der Waals surface area contributed by atoms with Gasteiger partial charge in [-0.05, 0) is 31.0 Å². The van der Waals surface area contributed by atoms with Gasteiger partial charge in [0.05, 0.1) is 10.7 Å². The largest absolute Gasteiger partial charge is 0.399 e. The highest BCUT2D eigenvalue weighted by molar-refractivity contribution is 6.34. The molecule has 0 aliphatic heterocycles. The molecule has 1 fully saturated rings. The summed E-state index contributed by atoms with van der Waals surface area (Å²) in [6, 6.07) is 5.61. The van der Waals surface area contributed by atoms with E-state index < -0.39 is 0 Å². The molecule has 0 spiro atoms. The standard InChI is InChI=1S/C14H19ClN2O/c1-10(18)17(12-5-3-2-4-6-12)14-8-7-11(16)9-13(14)15/h7-9,12H,2-6,16H2,1H3. The van der Waals surface area contributed by atoms with Gasteiger partial charge in [0.25, 0.3) is 0 Å². The molecule has 1 aromatic carbocycles. The average molecular weight is 267 g/mol. The zero-order valence-corrected chi connectivity index (χ0v) is 11.4. The summed E-state index contributed by atoms with van der Waals surface area (Å²) >= 11 is 6.21. The summed E-state index contributed by atoms with van der Waals surface area (Å²) in [6.45, 7) is 1.60. The Labute approximate surface area is 113 Å². The first-order chi connectivity index (χ1) is 8.59. The van der Waals surface area contributed by atoms with Crippen molar-refractivity contribution in [1.82, 2.24) is 0 Å². The highest BCUT2D eigenvalue weighted by atomic mass is 35.5. The summed E-state index contributed by atoms with van der Waals surface area (Å²) in [5.41, 5.74) is 7.10. The van der Waals surface area contributed by atoms with Crippen molar-refractivity contribution < 1.29 is 4.79 Å². The molecule has 98 valence electrons. The fourth-order valence-corrected chi connectivity index (χ4v) is 2.96. The number of nitrogens with zero attached hydrogens (tertiary/aromatic N) is 1. The van der Waals surface area contributed by atoms with E-state index in [9.17, 15) is 4.79 Å². The van der Waals surface area contributed by atoms with E-state index in [1.165, 1.54) is 19.3 Å². The second kappa shape index (κ2) is 5.61. The van der Waals surface area contributed by atoms with Gasteiger partial charge in [0.15, 0.2) is 0 Å². The van der Waals surface area contributed by atoms with E-state index in [0.717, 1.165) is 18.5 Å². The molecule has 2 N–H and O–H groups in total. The zero-order valence-electron chi connectivity index (χ0n) is 10.7. The first-order valence-corrected chi connectivity index (χ1v) is 6.82. The highest BCUT2D eigenvalue weighted by Gasteiger charge is 2.25. The third-order valence-corrected chi connectivity index (χ3v) is 3.81. The number of nitrogen functional groups attached to an aromatic ring is 1. The quantitative estimate of drug-likeness (QED) is 0.831. The Morgan fingerprint density at radius 2 is 2.00 bits per heavy atom. The fraction of sp³-hybridized carbons (Fsp3) is 0.500. The minimum Gasteiger partial charge on any atom is -0.399 e. The Kier molecular flexibility index (Phi) is 4.12. The predicted molar refractivity (Wildman–Crippen MR) is 75.9 cm³/mol. The van der Waals surface area contributed by atoms with Gasteiger partial charge in [-0.1, -0.05) is 30.9 Å². The van der Waals surface area contributed by atoms with Crippen molar-refractivity contribution in [2.24, 2.45) is 0 Å². The molecule has 1 aromatic rings. The van der Waals surface area contributed by atoms with Gasteiger partial charge >= 0.3 is 0 Å². The van der Waals surface area contributed by atoms with Crippen LogP contribution in [-0.4, -0.2) is 11.9 Å². The zero-order chi connectivity index (χ0) is 13.1. The van der Waals surface area contributed by atoms with Gasteiger partial charge in [0.2, 0.25) is 5.91 Å². The van der Waals surface area contributed by atoms with Crippen LogP contribution >= 0.6 is 11.6 Å². The van der Waals surface area contributed by atoms with Crippen molar-refractivity contribution in [2.75, 3.05) is 10.6 Å². The third kappa shape index (κ3) is 2.78. The summed E-state index contributed by atoms with van der Waals surface area (Å²) in [5.74, 6) is 0.0496. The van der Waals surface area contributed by atoms with Gasteiger partial charge in [-0.2, -0.15) is 0 Å². The first kappa shape index (κ1) is 13.2. The Morgan fingerprint density at radius 1 is 1.33 bits per heavy atom. The lowest BCUT2D eigenvalue weighted by atomic mass is 9.93. The molecular formula is C14H19ClN2O. The van der Waals surface area contributed by atoms with Crippen LogP contribution in [0, 0.1) is 0 Å². The predicted octanol–water partition coefficient (Wildman–Crippen LogP) is 3.61. The lowest BCUT2D eigenvalue weighted by molar-refractivity contribution is -0.117. The Balaban J connectivity index is 2.31. The Bertz CT molecular complexity index is 441. The number of rotatable bonds is 2. The molecule has 0 saturated heterocycles. The lowest BCUT2D eigenvalue weighted by Gasteiger charge is -2.34. The van der Waals surface area contributed by atoms with Crippen LogP contribution in [0.15, 0.2) is 18.2 Å². The second-order valence-electron chi connectivity index (χ2n) is 4.89. The summed E-state index contributed by atoms with van der Waals surface area (Å²) < 4.78 is 0. The van der Waals surface area contributed by atoms with E-state index in [-0.39, 0.29) is 11.9 Å². The van der Waals surface area contributed by atoms with Gasteiger partial charge in [0.1, 0.15) is 0 Å². The van der Waals surface area contributed by atoms with E-state index in [0.29, 0.717) is 10.7 Å². The van der Waals surface area contributed by atoms with Crippen LogP contribution < -0.4 is 10.6 Å². The molecule has 1 amide bonds. The van der Waals surface area contributed by atoms with Crippen LogP contribution in [0.25, 0.3) is 0 Å². The normalized spacial score (nSPS) is 16.6. The minimum absolute atomic E-state index is 0.0496. The molecule has 0 aromatic heterocycles. The molecule has 0 radical (unpaired) electrons. The van der Waals surface area contributed by atoms with E-state index in [2.05, 4.69) is 0 Å². The van der Waals surface area contributed by atoms with Gasteiger partial charge in [-0.3, -0.25) is 4.79 Å². The number of carbonyl (C=O) groups excluding carboxylic acids is 1. The smallest absolute Gasteiger partial charge is 0.224 e. The number of carbonyl (C=O) groups is 1. The van der Waals surface area contributed by atoms with Gasteiger partial charge in [0, 0.05) is 18.7 Å². The van der Waals surface area contributed by atoms with Crippen LogP contribution in [0.4, 0.5) is 11.4 Å². The average Bonchev–Trinajstić information content (AvgIpc) is 2.33. The second-order valence-corrected chi connectivity index (χ2v) is 5.30. The Hall–Kier alpha value is -1.22. The molecule has 18 heavy (non-hydrogen) atoms. The van der Waals surface area contributed by atoms with Crippen LogP contribution in [0.1, 0.15) is 39.0 Å². The van der Waals surface area contributed by atoms with Gasteiger partial charge in [-0.25, -0.2) is 0 Å². The molecular weight excluding hydrogens is 248 g/mol. The SMILES string of the molecule is CC(=O)N(c1ccc(N)cc1Cl)C1CCCCC1. The topological polar surface area (TPSA) is 46.3 Å². The molecule has 1 aliphatic rings. The van der Waals surface area contributed by atoms with Gasteiger partial charge < -0.3 is 10.6 Å². The maximum absolute atomic E-state index is 11.9. The maximum Gasteiger partial charge on any atom is 0.224 e. The van der Waals surface area contributed by atoms with Crippen molar-refractivity contribution >= 4 is 28.9 Å². The number of halogens is 1. The van der Waals surface area contributed by atoms with E-state index in [4.69, 9.17) is 17.3 Å². The molecule has 0 unspecified atom stereocenters. The maximum atomic E-state index is 11.9. The first-order valence-electron chi connectivity index (χ1n) is 6.44. The van der Waals surface area contributed by atoms with Crippen LogP contribution in [0.3, 0.4) is 0 Å². The van der Waals surface area contributed by atoms with Gasteiger partial charge in [-0.15, -0.1) is 0 Å². The minimum atomic E-state index is 0.0496. The number of hydrogen-bond acceptors (Lipinski definition) is 2. The van der Waals surface area contributed by atoms with Crippen molar-refractivity contribution in [1.29, 1.82) is 0 Å². The molecule has 4 heteroatoms. The third-order valence-electron chi connectivity index (χ3n) is 3.51. The molecule has 1 aliphatic carbocycles. The monoisotopic (exact) mass is 266 g/mol. The Morgan fingerprint density at radius 3 is 2.56 bits per heavy atom. The fourth-order valence-electron chi connectivity index (χ4n) is 2.68. The van der Waals surface area contributed by atoms with Crippen molar-refractivity contribution in [2.45, 2.75) is 45.1 Å². The summed E-state index contributed by atoms with van der Waals surface area (Å²) in [5, 5.41) is 0.552. The number of benzene rings is 1. The molecule has 2 rings (SSSR count). The molecule has 0 heterocycles. The van der Waals surface area contributed by atoms with Crippen LogP contribution in [-0.2, 0) is 4.79 Å². The van der Waals surface area contributed by atoms with Crippen LogP contribution in [0.2, 0.25) is 5.02 Å². The van der Waals surface area contributed by atoms with Crippen molar-refractivity contribution in [3.8, 4) is 0 Å². The summed E-state index contributed by atoms with van der Waals surface area (Å²) in [6.07, 6.45) is 5.74. The van der Waals surface area contributed by atoms with Crippen molar-refractivity contribution in [3.05, 3.63) is 23.2 Å². The molecule has 0 bridgehead atoms.